The van der Waals surface area contributed by atoms with E-state index in [0.29, 0.717) is 0 Å². The van der Waals surface area contributed by atoms with Crippen LogP contribution in [0.5, 0.6) is 0 Å². The predicted octanol–water partition coefficient (Wildman–Crippen LogP) is 13.1. The Morgan fingerprint density at radius 1 is 0.786 bits per heavy atom. The van der Waals surface area contributed by atoms with Crippen molar-refractivity contribution >= 4 is 94.1 Å². The van der Waals surface area contributed by atoms with E-state index < -0.39 is 0 Å². The van der Waals surface area contributed by atoms with Gasteiger partial charge in [-0.2, -0.15) is 0 Å². The first kappa shape index (κ1) is 29.1. The Morgan fingerprint density at radius 2 is 1.50 bits per heavy atom. The van der Waals surface area contributed by atoms with Crippen LogP contribution in [0.3, 0.4) is 0 Å². The molecule has 0 aliphatic rings. The SMILES string of the molecule is C=C/C=C(\C=C)c1ccc(N(c2ccc3oc4ccccc4c3c2)c2cc(Br)cc3c(C=C)c(C=C)sc23)cc1.CC. The zero-order valence-electron chi connectivity index (χ0n) is 23.9. The van der Waals surface area contributed by atoms with Crippen molar-refractivity contribution in [3.8, 4) is 0 Å². The second-order valence-corrected chi connectivity index (χ2v) is 11.3. The molecular weight excluding hydrogens is 598 g/mol. The monoisotopic (exact) mass is 629 g/mol. The molecule has 0 unspecified atom stereocenters. The normalized spacial score (nSPS) is 11.3. The van der Waals surface area contributed by atoms with Crippen molar-refractivity contribution in [2.24, 2.45) is 0 Å². The predicted molar refractivity (Wildman–Crippen MR) is 191 cm³/mol. The quantitative estimate of drug-likeness (QED) is 0.156. The first-order valence-electron chi connectivity index (χ1n) is 13.8. The molecule has 0 fully saturated rings. The van der Waals surface area contributed by atoms with Gasteiger partial charge in [-0.3, -0.25) is 0 Å². The van der Waals surface area contributed by atoms with Crippen LogP contribution >= 0.6 is 27.3 Å². The number of thiophene rings is 1. The van der Waals surface area contributed by atoms with Gasteiger partial charge in [0.15, 0.2) is 0 Å². The number of benzene rings is 4. The number of rotatable bonds is 8. The average Bonchev–Trinajstić information content (AvgIpc) is 3.59. The second kappa shape index (κ2) is 12.6. The molecule has 0 amide bonds. The fraction of sp³-hybridized carbons (Fsp3) is 0.0526. The zero-order valence-corrected chi connectivity index (χ0v) is 26.3. The van der Waals surface area contributed by atoms with E-state index in [1.165, 1.54) is 0 Å². The van der Waals surface area contributed by atoms with Gasteiger partial charge < -0.3 is 9.32 Å². The van der Waals surface area contributed by atoms with E-state index >= 15 is 0 Å². The summed E-state index contributed by atoms with van der Waals surface area (Å²) in [5.74, 6) is 0. The molecule has 0 saturated heterocycles. The van der Waals surface area contributed by atoms with Gasteiger partial charge in [0.25, 0.3) is 0 Å². The average molecular weight is 631 g/mol. The molecule has 6 aromatic rings. The number of hydrogen-bond acceptors (Lipinski definition) is 3. The van der Waals surface area contributed by atoms with Crippen LogP contribution in [-0.4, -0.2) is 0 Å². The summed E-state index contributed by atoms with van der Waals surface area (Å²) in [6, 6.07) is 27.4. The van der Waals surface area contributed by atoms with Gasteiger partial charge in [-0.05, 0) is 65.2 Å². The van der Waals surface area contributed by atoms with Crippen LogP contribution in [0.2, 0.25) is 0 Å². The van der Waals surface area contributed by atoms with Gasteiger partial charge in [0.1, 0.15) is 11.2 Å². The van der Waals surface area contributed by atoms with E-state index in [1.54, 1.807) is 17.4 Å². The maximum absolute atomic E-state index is 6.14. The Bertz CT molecular complexity index is 1990. The van der Waals surface area contributed by atoms with Crippen LogP contribution < -0.4 is 4.90 Å². The largest absolute Gasteiger partial charge is 0.456 e. The topological polar surface area (TPSA) is 16.4 Å². The molecule has 42 heavy (non-hydrogen) atoms. The number of halogens is 1. The van der Waals surface area contributed by atoms with E-state index in [1.807, 2.05) is 56.4 Å². The number of furan rings is 1. The van der Waals surface area contributed by atoms with Gasteiger partial charge in [0.05, 0.1) is 10.4 Å². The summed E-state index contributed by atoms with van der Waals surface area (Å²) in [6.07, 6.45) is 9.42. The third-order valence-corrected chi connectivity index (χ3v) is 8.72. The lowest BCUT2D eigenvalue weighted by atomic mass is 10.0. The summed E-state index contributed by atoms with van der Waals surface area (Å²) in [7, 11) is 0. The Kier molecular flexibility index (Phi) is 8.77. The molecule has 0 radical (unpaired) electrons. The van der Waals surface area contributed by atoms with Gasteiger partial charge in [0, 0.05) is 36.9 Å². The van der Waals surface area contributed by atoms with Crippen LogP contribution in [0.4, 0.5) is 17.1 Å². The summed E-state index contributed by atoms with van der Waals surface area (Å²) < 4.78 is 8.29. The molecular formula is C38H32BrNOS. The lowest BCUT2D eigenvalue weighted by molar-refractivity contribution is 0.669. The third kappa shape index (κ3) is 5.20. The summed E-state index contributed by atoms with van der Waals surface area (Å²) >= 11 is 5.51. The lowest BCUT2D eigenvalue weighted by Crippen LogP contribution is -2.10. The summed E-state index contributed by atoms with van der Waals surface area (Å²) in [5.41, 5.74) is 8.07. The minimum atomic E-state index is 0.865. The highest BCUT2D eigenvalue weighted by Gasteiger charge is 2.21. The molecule has 0 bridgehead atoms. The minimum Gasteiger partial charge on any atom is -0.456 e. The summed E-state index contributed by atoms with van der Waals surface area (Å²) in [5, 5.41) is 3.31. The van der Waals surface area contributed by atoms with Crippen molar-refractivity contribution in [1.82, 2.24) is 0 Å². The highest BCUT2D eigenvalue weighted by atomic mass is 79.9. The van der Waals surface area contributed by atoms with Crippen molar-refractivity contribution in [1.29, 1.82) is 0 Å². The maximum atomic E-state index is 6.14. The smallest absolute Gasteiger partial charge is 0.135 e. The molecule has 0 aliphatic heterocycles. The molecule has 2 nitrogen and oxygen atoms in total. The number of nitrogens with zero attached hydrogens (tertiary/aromatic N) is 1. The Hall–Kier alpha value is -4.38. The van der Waals surface area contributed by atoms with Crippen molar-refractivity contribution in [2.45, 2.75) is 13.8 Å². The first-order chi connectivity index (χ1) is 20.6. The van der Waals surface area contributed by atoms with E-state index in [2.05, 4.69) is 108 Å². The van der Waals surface area contributed by atoms with Gasteiger partial charge in [0.2, 0.25) is 0 Å². The molecule has 4 aromatic carbocycles. The van der Waals surface area contributed by atoms with Crippen molar-refractivity contribution in [3.05, 3.63) is 144 Å². The van der Waals surface area contributed by atoms with Crippen LogP contribution in [0.15, 0.2) is 132 Å². The molecule has 4 heteroatoms. The lowest BCUT2D eigenvalue weighted by Gasteiger charge is -2.26. The fourth-order valence-electron chi connectivity index (χ4n) is 5.20. The standard InChI is InChI=1S/C36H26BrNOS.C2H6/c1-5-11-23(6-2)24-14-16-26(17-15-24)38(27-18-19-34-30(22-27)29-12-9-10-13-33(29)39-34)32-21-25(37)20-31-28(7-3)35(8-4)40-36(31)32;1-2/h5-22H,1-4H2;1-2H3/b23-11+;. The zero-order chi connectivity index (χ0) is 29.8. The molecule has 0 N–H and O–H groups in total. The second-order valence-electron chi connectivity index (χ2n) is 9.31. The van der Waals surface area contributed by atoms with Gasteiger partial charge >= 0.3 is 0 Å². The van der Waals surface area contributed by atoms with Crippen molar-refractivity contribution in [2.75, 3.05) is 4.90 Å². The van der Waals surface area contributed by atoms with E-state index in [4.69, 9.17) is 4.42 Å². The van der Waals surface area contributed by atoms with Crippen LogP contribution in [0, 0.1) is 0 Å². The molecule has 2 heterocycles. The molecule has 6 rings (SSSR count). The maximum Gasteiger partial charge on any atom is 0.135 e. The Morgan fingerprint density at radius 3 is 2.19 bits per heavy atom. The fourth-order valence-corrected chi connectivity index (χ4v) is 6.79. The Balaban J connectivity index is 0.00000173. The first-order valence-corrected chi connectivity index (χ1v) is 15.4. The highest BCUT2D eigenvalue weighted by molar-refractivity contribution is 9.10. The number of fused-ring (bicyclic) bond motifs is 4. The van der Waals surface area contributed by atoms with E-state index in [-0.39, 0.29) is 0 Å². The number of allylic oxidation sites excluding steroid dienone is 4. The van der Waals surface area contributed by atoms with Gasteiger partial charge in [-0.25, -0.2) is 0 Å². The van der Waals surface area contributed by atoms with E-state index in [0.717, 1.165) is 75.1 Å². The van der Waals surface area contributed by atoms with Crippen molar-refractivity contribution in [3.63, 3.8) is 0 Å². The third-order valence-electron chi connectivity index (χ3n) is 7.03. The number of hydrogen-bond donors (Lipinski definition) is 0. The summed E-state index contributed by atoms with van der Waals surface area (Å²) in [4.78, 5) is 3.40. The molecule has 0 saturated carbocycles. The molecule has 0 aliphatic carbocycles. The summed E-state index contributed by atoms with van der Waals surface area (Å²) in [6.45, 7) is 20.0. The van der Waals surface area contributed by atoms with Crippen LogP contribution in [0.1, 0.15) is 29.9 Å². The molecule has 2 aromatic heterocycles. The molecule has 0 spiro atoms. The molecule has 0 atom stereocenters. The van der Waals surface area contributed by atoms with E-state index in [9.17, 15) is 0 Å². The molecule has 208 valence electrons. The van der Waals surface area contributed by atoms with Gasteiger partial charge in [-0.15, -0.1) is 11.3 Å². The van der Waals surface area contributed by atoms with Gasteiger partial charge in [-0.1, -0.05) is 117 Å². The minimum absolute atomic E-state index is 0.865. The number of anilines is 3. The Labute approximate surface area is 260 Å². The van der Waals surface area contributed by atoms with Crippen LogP contribution in [0.25, 0.3) is 49.7 Å². The number of para-hydroxylation sites is 1. The highest BCUT2D eigenvalue weighted by Crippen LogP contribution is 2.47. The van der Waals surface area contributed by atoms with Crippen molar-refractivity contribution < 1.29 is 4.42 Å². The van der Waals surface area contributed by atoms with Crippen LogP contribution in [-0.2, 0) is 0 Å².